The van der Waals surface area contributed by atoms with E-state index in [1.807, 2.05) is 16.0 Å². The van der Waals surface area contributed by atoms with Crippen LogP contribution in [0.2, 0.25) is 0 Å². The van der Waals surface area contributed by atoms with Crippen LogP contribution in [0.1, 0.15) is 24.5 Å². The number of piperidine rings is 1. The van der Waals surface area contributed by atoms with E-state index in [2.05, 4.69) is 10.3 Å². The minimum atomic E-state index is -4.54. The minimum absolute atomic E-state index is 0.00398. The molecular formula is C26H33F3N6O4. The lowest BCUT2D eigenvalue weighted by atomic mass is 9.87. The number of primary amides is 1. The number of β-amino-alcohol motifs (C(OH)–C–C–N with tert-alkyl or cyclic N) is 1. The number of hydroxylamine groups is 3. The molecule has 0 saturated carbocycles. The predicted molar refractivity (Wildman–Crippen MR) is 136 cm³/mol. The highest BCUT2D eigenvalue weighted by Crippen LogP contribution is 2.45. The number of quaternary nitrogens is 1. The molecule has 4 aliphatic rings. The van der Waals surface area contributed by atoms with E-state index in [0.717, 1.165) is 12.1 Å². The van der Waals surface area contributed by atoms with Crippen LogP contribution in [0.3, 0.4) is 0 Å². The van der Waals surface area contributed by atoms with Crippen LogP contribution >= 0.6 is 0 Å². The average molecular weight is 551 g/mol. The average Bonchev–Trinajstić information content (AvgIpc) is 3.29. The summed E-state index contributed by atoms with van der Waals surface area (Å²) in [6.07, 6.45) is 0.0410. The van der Waals surface area contributed by atoms with E-state index in [1.54, 1.807) is 13.0 Å². The number of alkyl halides is 3. The van der Waals surface area contributed by atoms with Crippen LogP contribution < -0.4 is 11.1 Å². The van der Waals surface area contributed by atoms with Crippen molar-refractivity contribution < 1.29 is 32.5 Å². The van der Waals surface area contributed by atoms with Gasteiger partial charge in [-0.25, -0.2) is 4.99 Å². The third-order valence-corrected chi connectivity index (χ3v) is 8.26. The molecule has 1 amide bonds. The van der Waals surface area contributed by atoms with Gasteiger partial charge >= 0.3 is 6.18 Å². The molecule has 212 valence electrons. The summed E-state index contributed by atoms with van der Waals surface area (Å²) in [6, 6.07) is 4.87. The van der Waals surface area contributed by atoms with Gasteiger partial charge in [-0.2, -0.15) is 13.2 Å². The van der Waals surface area contributed by atoms with Crippen LogP contribution in [0.15, 0.2) is 52.9 Å². The lowest BCUT2D eigenvalue weighted by molar-refractivity contribution is -0.915. The Labute approximate surface area is 224 Å². The number of aliphatic imine (C=N–C) groups is 1. The SMILES string of the molecule is C[C@]1(c2cccc(C(F)(F)F)c2)COCC[N+]1([O-])C1=C2C=CN(C[C@@H]3CCN(CC(N)=O)C[C@H]3O)C2N=CN1. The van der Waals surface area contributed by atoms with Crippen LogP contribution in [-0.2, 0) is 21.2 Å². The van der Waals surface area contributed by atoms with Crippen molar-refractivity contribution in [2.24, 2.45) is 16.6 Å². The van der Waals surface area contributed by atoms with E-state index in [9.17, 15) is 28.3 Å². The zero-order chi connectivity index (χ0) is 28.0. The highest BCUT2D eigenvalue weighted by atomic mass is 19.4. The number of morpholine rings is 1. The molecule has 5 rings (SSSR count). The fraction of sp³-hybridized carbons (Fsp3) is 0.538. The van der Waals surface area contributed by atoms with Crippen molar-refractivity contribution >= 4 is 12.2 Å². The predicted octanol–water partition coefficient (Wildman–Crippen LogP) is 1.43. The Bertz CT molecular complexity index is 1210. The van der Waals surface area contributed by atoms with E-state index in [-0.39, 0.29) is 37.8 Å². The lowest BCUT2D eigenvalue weighted by Gasteiger charge is -2.58. The zero-order valence-corrected chi connectivity index (χ0v) is 21.6. The summed E-state index contributed by atoms with van der Waals surface area (Å²) < 4.78 is 45.3. The summed E-state index contributed by atoms with van der Waals surface area (Å²) in [5.74, 6) is -0.209. The molecule has 0 aromatic heterocycles. The number of aliphatic hydroxyl groups excluding tert-OH is 1. The summed E-state index contributed by atoms with van der Waals surface area (Å²) in [4.78, 5) is 19.6. The maximum absolute atomic E-state index is 14.8. The van der Waals surface area contributed by atoms with Crippen molar-refractivity contribution in [2.45, 2.75) is 37.3 Å². The molecule has 39 heavy (non-hydrogen) atoms. The van der Waals surface area contributed by atoms with E-state index < -0.39 is 40.1 Å². The highest BCUT2D eigenvalue weighted by molar-refractivity contribution is 5.75. The summed E-state index contributed by atoms with van der Waals surface area (Å²) in [7, 11) is 0. The largest absolute Gasteiger partial charge is 0.625 e. The van der Waals surface area contributed by atoms with Gasteiger partial charge in [-0.3, -0.25) is 9.69 Å². The highest BCUT2D eigenvalue weighted by Gasteiger charge is 2.52. The first-order chi connectivity index (χ1) is 18.4. The molecule has 2 unspecified atom stereocenters. The van der Waals surface area contributed by atoms with Gasteiger partial charge in [0.1, 0.15) is 13.2 Å². The number of halogens is 3. The van der Waals surface area contributed by atoms with Gasteiger partial charge in [0.15, 0.2) is 11.7 Å². The number of nitrogens with one attached hydrogen (secondary N) is 1. The van der Waals surface area contributed by atoms with Crippen LogP contribution in [0.5, 0.6) is 0 Å². The molecule has 0 aliphatic carbocycles. The second kappa shape index (κ2) is 10.2. The van der Waals surface area contributed by atoms with Crippen LogP contribution in [0.4, 0.5) is 13.2 Å². The molecule has 0 radical (unpaired) electrons. The fourth-order valence-electron chi connectivity index (χ4n) is 6.00. The molecule has 4 heterocycles. The van der Waals surface area contributed by atoms with Crippen molar-refractivity contribution in [1.82, 2.24) is 15.1 Å². The molecule has 4 aliphatic heterocycles. The number of carbonyl (C=O) groups is 1. The molecule has 2 saturated heterocycles. The number of amides is 1. The number of fused-ring (bicyclic) bond motifs is 1. The molecule has 4 N–H and O–H groups in total. The quantitative estimate of drug-likeness (QED) is 0.361. The molecule has 2 fully saturated rings. The molecule has 5 atom stereocenters. The van der Waals surface area contributed by atoms with Crippen molar-refractivity contribution in [3.05, 3.63) is 64.3 Å². The first kappa shape index (κ1) is 27.6. The Kier molecular flexibility index (Phi) is 7.22. The second-order valence-electron chi connectivity index (χ2n) is 10.8. The maximum Gasteiger partial charge on any atom is 0.416 e. The molecule has 0 spiro atoms. The molecular weight excluding hydrogens is 517 g/mol. The van der Waals surface area contributed by atoms with Gasteiger partial charge < -0.3 is 35.6 Å². The molecule has 1 aromatic rings. The summed E-state index contributed by atoms with van der Waals surface area (Å²) in [6.45, 7) is 3.28. The maximum atomic E-state index is 14.8. The number of rotatable bonds is 6. The summed E-state index contributed by atoms with van der Waals surface area (Å²) in [5, 5.41) is 28.5. The zero-order valence-electron chi connectivity index (χ0n) is 21.6. The second-order valence-corrected chi connectivity index (χ2v) is 10.8. The van der Waals surface area contributed by atoms with Crippen molar-refractivity contribution in [1.29, 1.82) is 0 Å². The van der Waals surface area contributed by atoms with E-state index >= 15 is 0 Å². The Morgan fingerprint density at radius 3 is 2.92 bits per heavy atom. The number of hydrogen-bond acceptors (Lipinski definition) is 8. The van der Waals surface area contributed by atoms with E-state index in [0.29, 0.717) is 37.4 Å². The lowest BCUT2D eigenvalue weighted by Crippen LogP contribution is -2.65. The smallest absolute Gasteiger partial charge is 0.416 e. The van der Waals surface area contributed by atoms with Gasteiger partial charge in [0, 0.05) is 30.8 Å². The molecule has 13 heteroatoms. The van der Waals surface area contributed by atoms with Crippen molar-refractivity contribution in [2.75, 3.05) is 45.9 Å². The number of benzene rings is 1. The van der Waals surface area contributed by atoms with Crippen molar-refractivity contribution in [3.8, 4) is 0 Å². The normalized spacial score (nSPS) is 33.3. The first-order valence-electron chi connectivity index (χ1n) is 12.9. The first-order valence-corrected chi connectivity index (χ1v) is 12.9. The Morgan fingerprint density at radius 2 is 2.21 bits per heavy atom. The minimum Gasteiger partial charge on any atom is -0.625 e. The standard InChI is InChI=1S/C26H33F3N6O4/c1-25(18-3-2-4-19(11-18)26(27,28)29)15-39-10-9-35(25,38)24-20-6-8-34(23(20)31-16-32-24)12-17-5-7-33(13-21(17)36)14-22(30)37/h2-4,6,8,11,16-17,21,23,36H,5,7,9-10,12-15H2,1H3,(H2,30,37)(H,31,32)/t17-,21+,23?,25+,35?/m0/s1. The number of likely N-dealkylation sites (tertiary alicyclic amines) is 1. The Hall–Kier alpha value is -2.97. The van der Waals surface area contributed by atoms with Gasteiger partial charge in [0.25, 0.3) is 0 Å². The third kappa shape index (κ3) is 5.05. The van der Waals surface area contributed by atoms with E-state index in [1.165, 1.54) is 18.5 Å². The number of hydrogen-bond donors (Lipinski definition) is 3. The molecule has 1 aromatic carbocycles. The summed E-state index contributed by atoms with van der Waals surface area (Å²) in [5.41, 5.74) is 3.99. The van der Waals surface area contributed by atoms with Gasteiger partial charge in [-0.15, -0.1) is 0 Å². The third-order valence-electron chi connectivity index (χ3n) is 8.26. The summed E-state index contributed by atoms with van der Waals surface area (Å²) >= 11 is 0. The van der Waals surface area contributed by atoms with Crippen LogP contribution in [-0.4, -0.2) is 90.0 Å². The van der Waals surface area contributed by atoms with Gasteiger partial charge in [-0.1, -0.05) is 12.1 Å². The molecule has 0 bridgehead atoms. The van der Waals surface area contributed by atoms with Gasteiger partial charge in [-0.05, 0) is 38.1 Å². The monoisotopic (exact) mass is 550 g/mol. The Morgan fingerprint density at radius 1 is 1.41 bits per heavy atom. The number of nitrogens with two attached hydrogens (primary N) is 1. The fourth-order valence-corrected chi connectivity index (χ4v) is 6.00. The topological polar surface area (TPSA) is 126 Å². The number of aliphatic hydroxyl groups is 1. The number of nitrogens with zero attached hydrogens (tertiary/aromatic N) is 4. The van der Waals surface area contributed by atoms with Crippen LogP contribution in [0.25, 0.3) is 0 Å². The van der Waals surface area contributed by atoms with Gasteiger partial charge in [0.2, 0.25) is 11.7 Å². The van der Waals surface area contributed by atoms with E-state index in [4.69, 9.17) is 10.5 Å². The van der Waals surface area contributed by atoms with Crippen molar-refractivity contribution in [3.63, 3.8) is 0 Å². The Balaban J connectivity index is 1.41. The van der Waals surface area contributed by atoms with Gasteiger partial charge in [0.05, 0.1) is 36.7 Å². The number of ether oxygens (including phenoxy) is 1. The van der Waals surface area contributed by atoms with Crippen LogP contribution in [0, 0.1) is 11.1 Å². The molecule has 10 nitrogen and oxygen atoms in total. The number of carbonyl (C=O) groups excluding carboxylic acids is 1.